The summed E-state index contributed by atoms with van der Waals surface area (Å²) in [6.07, 6.45) is 4.07. The lowest BCUT2D eigenvalue weighted by atomic mass is 9.85. The van der Waals surface area contributed by atoms with Crippen LogP contribution in [-0.2, 0) is 0 Å². The van der Waals surface area contributed by atoms with Crippen molar-refractivity contribution in [2.45, 2.75) is 24.8 Å². The minimum absolute atomic E-state index is 0.115. The first-order valence-electron chi connectivity index (χ1n) is 8.34. The van der Waals surface area contributed by atoms with Crippen molar-refractivity contribution >= 4 is 5.95 Å². The van der Waals surface area contributed by atoms with Crippen molar-refractivity contribution in [2.75, 3.05) is 25.0 Å². The molecule has 2 heterocycles. The quantitative estimate of drug-likeness (QED) is 0.740. The predicted octanol–water partition coefficient (Wildman–Crippen LogP) is 2.06. The number of hydrogen-bond acceptors (Lipinski definition) is 7. The number of nitrogens with zero attached hydrogens (tertiary/aromatic N) is 3. The summed E-state index contributed by atoms with van der Waals surface area (Å²) in [5.41, 5.74) is 0.320. The molecule has 1 aliphatic rings. The van der Waals surface area contributed by atoms with Gasteiger partial charge in [0, 0.05) is 24.4 Å². The van der Waals surface area contributed by atoms with Crippen molar-refractivity contribution in [1.82, 2.24) is 15.3 Å². The summed E-state index contributed by atoms with van der Waals surface area (Å²) in [7, 11) is 0. The van der Waals surface area contributed by atoms with Crippen molar-refractivity contribution in [3.05, 3.63) is 42.1 Å². The fourth-order valence-electron chi connectivity index (χ4n) is 3.00. The van der Waals surface area contributed by atoms with Gasteiger partial charge in [-0.1, -0.05) is 6.07 Å². The van der Waals surface area contributed by atoms with Crippen LogP contribution in [0.15, 0.2) is 36.5 Å². The van der Waals surface area contributed by atoms with Crippen molar-refractivity contribution < 1.29 is 9.84 Å². The zero-order chi connectivity index (χ0) is 17.5. The number of ether oxygens (including phenoxy) is 1. The molecule has 7 heteroatoms. The maximum absolute atomic E-state index is 9.41. The van der Waals surface area contributed by atoms with Gasteiger partial charge in [0.25, 0.3) is 0 Å². The molecule has 0 unspecified atom stereocenters. The highest BCUT2D eigenvalue weighted by Gasteiger charge is 2.32. The number of aliphatic hydroxyl groups is 1. The average Bonchev–Trinajstić information content (AvgIpc) is 2.63. The molecule has 0 radical (unpaired) electrons. The van der Waals surface area contributed by atoms with Gasteiger partial charge in [0.2, 0.25) is 11.8 Å². The van der Waals surface area contributed by atoms with Crippen LogP contribution in [0, 0.1) is 11.3 Å². The van der Waals surface area contributed by atoms with Gasteiger partial charge in [0.15, 0.2) is 0 Å². The first-order chi connectivity index (χ1) is 12.2. The number of anilines is 1. The van der Waals surface area contributed by atoms with E-state index in [-0.39, 0.29) is 12.1 Å². The molecule has 0 bridgehead atoms. The second-order valence-electron chi connectivity index (χ2n) is 6.09. The van der Waals surface area contributed by atoms with Gasteiger partial charge in [-0.2, -0.15) is 10.2 Å². The predicted molar refractivity (Wildman–Crippen MR) is 93.4 cm³/mol. The minimum Gasteiger partial charge on any atom is -0.439 e. The Morgan fingerprint density at radius 1 is 1.32 bits per heavy atom. The highest BCUT2D eigenvalue weighted by Crippen LogP contribution is 2.27. The molecule has 0 atom stereocenters. The zero-order valence-electron chi connectivity index (χ0n) is 13.9. The van der Waals surface area contributed by atoms with Gasteiger partial charge < -0.3 is 20.5 Å². The van der Waals surface area contributed by atoms with Gasteiger partial charge in [-0.3, -0.25) is 0 Å². The molecule has 25 heavy (non-hydrogen) atoms. The molecule has 1 aromatic heterocycles. The first-order valence-corrected chi connectivity index (χ1v) is 8.34. The van der Waals surface area contributed by atoms with Crippen LogP contribution in [0.2, 0.25) is 0 Å². The Morgan fingerprint density at radius 2 is 2.16 bits per heavy atom. The summed E-state index contributed by atoms with van der Waals surface area (Å²) in [6, 6.07) is 10.7. The second-order valence-corrected chi connectivity index (χ2v) is 6.09. The van der Waals surface area contributed by atoms with Gasteiger partial charge >= 0.3 is 0 Å². The molecule has 0 amide bonds. The average molecular weight is 339 g/mol. The van der Waals surface area contributed by atoms with Gasteiger partial charge in [0.05, 0.1) is 11.6 Å². The van der Waals surface area contributed by atoms with Crippen LogP contribution in [0.3, 0.4) is 0 Å². The van der Waals surface area contributed by atoms with Crippen LogP contribution in [0.5, 0.6) is 11.6 Å². The van der Waals surface area contributed by atoms with Crippen LogP contribution in [0.4, 0.5) is 5.95 Å². The summed E-state index contributed by atoms with van der Waals surface area (Å²) < 4.78 is 5.74. The number of nitriles is 1. The summed E-state index contributed by atoms with van der Waals surface area (Å²) in [6.45, 7) is 1.90. The molecule has 0 saturated carbocycles. The van der Waals surface area contributed by atoms with E-state index >= 15 is 0 Å². The van der Waals surface area contributed by atoms with E-state index < -0.39 is 0 Å². The summed E-state index contributed by atoms with van der Waals surface area (Å²) in [5.74, 6) is 1.43. The van der Waals surface area contributed by atoms with Crippen LogP contribution >= 0.6 is 0 Å². The fraction of sp³-hybridized carbons (Fsp3) is 0.389. The van der Waals surface area contributed by atoms with Crippen LogP contribution in [0.1, 0.15) is 24.8 Å². The van der Waals surface area contributed by atoms with E-state index in [9.17, 15) is 5.11 Å². The van der Waals surface area contributed by atoms with Crippen LogP contribution in [0.25, 0.3) is 0 Å². The van der Waals surface area contributed by atoms with Crippen LogP contribution in [-0.4, -0.2) is 40.3 Å². The Morgan fingerprint density at radius 3 is 2.92 bits per heavy atom. The largest absolute Gasteiger partial charge is 0.439 e. The molecule has 1 aliphatic heterocycles. The number of rotatable bonds is 6. The van der Waals surface area contributed by atoms with Crippen molar-refractivity contribution in [3.8, 4) is 17.7 Å². The van der Waals surface area contributed by atoms with E-state index in [2.05, 4.69) is 26.7 Å². The minimum atomic E-state index is -0.209. The highest BCUT2D eigenvalue weighted by atomic mass is 16.5. The van der Waals surface area contributed by atoms with E-state index in [1.165, 1.54) is 0 Å². The Balaban J connectivity index is 1.75. The first kappa shape index (κ1) is 17.1. The molecule has 7 nitrogen and oxygen atoms in total. The number of nitrogens with one attached hydrogen (secondary N) is 2. The number of hydrogen-bond donors (Lipinski definition) is 3. The van der Waals surface area contributed by atoms with E-state index in [1.54, 1.807) is 36.5 Å². The van der Waals surface area contributed by atoms with Gasteiger partial charge in [-0.25, -0.2) is 4.98 Å². The SMILES string of the molecule is N#Cc1cccc(Oc2ccnc(NC3(CCO)CCNCC3)n2)c1. The monoisotopic (exact) mass is 339 g/mol. The van der Waals surface area contributed by atoms with Gasteiger partial charge in [-0.15, -0.1) is 0 Å². The lowest BCUT2D eigenvalue weighted by Gasteiger charge is -2.38. The van der Waals surface area contributed by atoms with E-state index in [0.29, 0.717) is 29.6 Å². The van der Waals surface area contributed by atoms with Gasteiger partial charge in [0.1, 0.15) is 5.75 Å². The molecule has 0 aliphatic carbocycles. The maximum Gasteiger partial charge on any atom is 0.226 e. The third kappa shape index (κ3) is 4.44. The van der Waals surface area contributed by atoms with E-state index in [0.717, 1.165) is 25.9 Å². The number of aliphatic hydroxyl groups excluding tert-OH is 1. The Bertz CT molecular complexity index is 748. The zero-order valence-corrected chi connectivity index (χ0v) is 13.9. The Hall–Kier alpha value is -2.69. The maximum atomic E-state index is 9.41. The molecular formula is C18H21N5O2. The van der Waals surface area contributed by atoms with Gasteiger partial charge in [-0.05, 0) is 50.6 Å². The van der Waals surface area contributed by atoms with Crippen molar-refractivity contribution in [3.63, 3.8) is 0 Å². The highest BCUT2D eigenvalue weighted by molar-refractivity contribution is 5.39. The molecule has 130 valence electrons. The molecule has 3 N–H and O–H groups in total. The molecular weight excluding hydrogens is 318 g/mol. The molecule has 2 aromatic rings. The molecule has 1 aromatic carbocycles. The molecule has 3 rings (SSSR count). The van der Waals surface area contributed by atoms with Crippen molar-refractivity contribution in [1.29, 1.82) is 5.26 Å². The normalized spacial score (nSPS) is 16.0. The third-order valence-corrected chi connectivity index (χ3v) is 4.34. The number of benzene rings is 1. The Kier molecular flexibility index (Phi) is 5.43. The summed E-state index contributed by atoms with van der Waals surface area (Å²) in [4.78, 5) is 8.70. The van der Waals surface area contributed by atoms with E-state index in [4.69, 9.17) is 10.00 Å². The fourth-order valence-corrected chi connectivity index (χ4v) is 3.00. The lowest BCUT2D eigenvalue weighted by Crippen LogP contribution is -2.48. The summed E-state index contributed by atoms with van der Waals surface area (Å²) >= 11 is 0. The second kappa shape index (κ2) is 7.92. The third-order valence-electron chi connectivity index (χ3n) is 4.34. The standard InChI is InChI=1S/C18H21N5O2/c19-13-14-2-1-3-15(12-14)25-16-4-8-21-17(22-16)23-18(7-11-24)5-9-20-10-6-18/h1-4,8,12,20,24H,5-7,9-11H2,(H,21,22,23). The smallest absolute Gasteiger partial charge is 0.226 e. The summed E-state index contributed by atoms with van der Waals surface area (Å²) in [5, 5.41) is 25.1. The topological polar surface area (TPSA) is 103 Å². The van der Waals surface area contributed by atoms with Crippen molar-refractivity contribution in [2.24, 2.45) is 0 Å². The Labute approximate surface area is 146 Å². The van der Waals surface area contributed by atoms with E-state index in [1.807, 2.05) is 0 Å². The molecule has 0 spiro atoms. The molecule has 1 fully saturated rings. The number of aromatic nitrogens is 2. The number of piperidine rings is 1. The molecule has 1 saturated heterocycles. The lowest BCUT2D eigenvalue weighted by molar-refractivity contribution is 0.220. The van der Waals surface area contributed by atoms with Crippen LogP contribution < -0.4 is 15.4 Å².